The van der Waals surface area contributed by atoms with Crippen LogP contribution < -0.4 is 16.0 Å². The molecule has 0 unspecified atom stereocenters. The molecule has 0 spiro atoms. The second-order valence-corrected chi connectivity index (χ2v) is 12.6. The summed E-state index contributed by atoms with van der Waals surface area (Å²) in [4.78, 5) is 79.1. The number of carbonyl (C=O) groups excluding carboxylic acids is 5. The fraction of sp³-hybridized carbons (Fsp3) is 0.562. The van der Waals surface area contributed by atoms with Crippen LogP contribution in [0.1, 0.15) is 75.2 Å². The van der Waals surface area contributed by atoms with Crippen LogP contribution in [0.15, 0.2) is 27.6 Å². The van der Waals surface area contributed by atoms with Gasteiger partial charge in [0.2, 0.25) is 17.7 Å². The summed E-state index contributed by atoms with van der Waals surface area (Å²) < 4.78 is 16.6. The van der Waals surface area contributed by atoms with Gasteiger partial charge in [0.05, 0.1) is 24.0 Å². The highest BCUT2D eigenvalue weighted by atomic mass is 16.5. The van der Waals surface area contributed by atoms with Crippen molar-refractivity contribution in [2.24, 2.45) is 11.8 Å². The monoisotopic (exact) mass is 681 g/mol. The van der Waals surface area contributed by atoms with Crippen molar-refractivity contribution in [3.63, 3.8) is 0 Å². The van der Waals surface area contributed by atoms with E-state index in [4.69, 9.17) is 13.8 Å². The van der Waals surface area contributed by atoms with Crippen LogP contribution in [0.3, 0.4) is 0 Å². The summed E-state index contributed by atoms with van der Waals surface area (Å²) in [7, 11) is 0. The summed E-state index contributed by atoms with van der Waals surface area (Å²) in [5.41, 5.74) is 1.21. The number of nitrogens with zero attached hydrogens (tertiary/aromatic N) is 6. The minimum Gasteiger partial charge on any atom is -0.368 e. The third kappa shape index (κ3) is 8.90. The van der Waals surface area contributed by atoms with Gasteiger partial charge in [-0.15, -0.1) is 0 Å². The Hall–Kier alpha value is -5.06. The molecule has 49 heavy (non-hydrogen) atoms. The highest BCUT2D eigenvalue weighted by Gasteiger charge is 2.44. The molecule has 3 aromatic rings. The molecule has 4 amide bonds. The fourth-order valence-electron chi connectivity index (χ4n) is 5.42. The molecule has 0 radical (unpaired) electrons. The Morgan fingerprint density at radius 3 is 2.35 bits per heavy atom. The fourth-order valence-corrected chi connectivity index (χ4v) is 5.42. The molecule has 0 saturated carbocycles. The van der Waals surface area contributed by atoms with Crippen LogP contribution in [0.5, 0.6) is 0 Å². The maximum atomic E-state index is 14.2. The van der Waals surface area contributed by atoms with E-state index in [1.807, 2.05) is 0 Å². The largest absolute Gasteiger partial charge is 0.368 e. The Morgan fingerprint density at radius 1 is 1.02 bits per heavy atom. The maximum Gasteiger partial charge on any atom is 0.272 e. The van der Waals surface area contributed by atoms with Crippen molar-refractivity contribution >= 4 is 29.9 Å². The maximum absolute atomic E-state index is 14.2. The zero-order chi connectivity index (χ0) is 35.8. The van der Waals surface area contributed by atoms with E-state index < -0.39 is 59.8 Å². The summed E-state index contributed by atoms with van der Waals surface area (Å²) in [5.74, 6) is -1.97. The number of amides is 4. The van der Waals surface area contributed by atoms with Gasteiger partial charge in [0.1, 0.15) is 48.0 Å². The van der Waals surface area contributed by atoms with Gasteiger partial charge in [-0.05, 0) is 32.1 Å². The van der Waals surface area contributed by atoms with E-state index in [-0.39, 0.29) is 42.9 Å². The predicted octanol–water partition coefficient (Wildman–Crippen LogP) is 1.31. The quantitative estimate of drug-likeness (QED) is 0.193. The van der Waals surface area contributed by atoms with Crippen LogP contribution in [-0.4, -0.2) is 96.9 Å². The third-order valence-corrected chi connectivity index (χ3v) is 8.21. The van der Waals surface area contributed by atoms with Crippen LogP contribution in [0.4, 0.5) is 0 Å². The van der Waals surface area contributed by atoms with Crippen LogP contribution in [0.25, 0.3) is 11.5 Å². The van der Waals surface area contributed by atoms with E-state index in [2.05, 4.69) is 41.2 Å². The van der Waals surface area contributed by atoms with Crippen molar-refractivity contribution in [3.8, 4) is 11.5 Å². The minimum atomic E-state index is -1.06. The standard InChI is InChI=1S/C32H43N9O8/c1-8-20(14-42)35-29(44)23-11-21(47-15-24-36-31(49-40-24)25-18(6)39-48-19(25)7)13-41(23)32(46)27(17(4)5)38-30(45)26(16(2)3)37-28(43)22-12-33-9-10-34-22/h9-10,12,14,16-17,20-21,23,26-27H,8,11,13,15H2,1-7H3,(H,35,44)(H,37,43)(H,38,45)/t20-,21+,23-,26-,27-/m0/s1. The number of hydrogen-bond acceptors (Lipinski definition) is 13. The average molecular weight is 682 g/mol. The van der Waals surface area contributed by atoms with Crippen molar-refractivity contribution in [2.45, 2.75) is 98.2 Å². The molecule has 0 aromatic carbocycles. The molecule has 17 nitrogen and oxygen atoms in total. The molecule has 0 aliphatic carbocycles. The Labute approximate surface area is 283 Å². The number of carbonyl (C=O) groups is 5. The van der Waals surface area contributed by atoms with Crippen molar-refractivity contribution < 1.29 is 37.8 Å². The van der Waals surface area contributed by atoms with Crippen molar-refractivity contribution in [3.05, 3.63) is 41.6 Å². The van der Waals surface area contributed by atoms with Crippen LogP contribution in [-0.2, 0) is 30.5 Å². The Bertz CT molecular complexity index is 1600. The second-order valence-electron chi connectivity index (χ2n) is 12.6. The molecule has 1 fully saturated rings. The van der Waals surface area contributed by atoms with Gasteiger partial charge in [0.15, 0.2) is 5.82 Å². The second kappa shape index (κ2) is 16.4. The van der Waals surface area contributed by atoms with E-state index in [1.165, 1.54) is 23.5 Å². The van der Waals surface area contributed by atoms with Crippen LogP contribution in [0.2, 0.25) is 0 Å². The number of rotatable bonds is 15. The highest BCUT2D eigenvalue weighted by molar-refractivity contribution is 5.98. The number of ether oxygens (including phenoxy) is 1. The molecule has 1 aliphatic heterocycles. The lowest BCUT2D eigenvalue weighted by Crippen LogP contribution is -2.59. The summed E-state index contributed by atoms with van der Waals surface area (Å²) >= 11 is 0. The number of aryl methyl sites for hydroxylation is 2. The van der Waals surface area contributed by atoms with Crippen LogP contribution >= 0.6 is 0 Å². The summed E-state index contributed by atoms with van der Waals surface area (Å²) in [6, 6.07) is -3.79. The van der Waals surface area contributed by atoms with E-state index in [1.54, 1.807) is 48.5 Å². The van der Waals surface area contributed by atoms with Gasteiger partial charge in [-0.3, -0.25) is 24.2 Å². The smallest absolute Gasteiger partial charge is 0.272 e. The normalized spacial score (nSPS) is 17.9. The van der Waals surface area contributed by atoms with Gasteiger partial charge >= 0.3 is 0 Å². The SMILES string of the molecule is CC[C@@H](C=O)NC(=O)[C@@H]1C[C@@H](OCc2noc(-c3c(C)noc3C)n2)CN1C(=O)[C@@H](NC(=O)[C@@H](NC(=O)c1cnccn1)C(C)C)C(C)C. The first kappa shape index (κ1) is 36.8. The summed E-state index contributed by atoms with van der Waals surface area (Å²) in [5, 5.41) is 16.0. The topological polar surface area (TPSA) is 225 Å². The van der Waals surface area contributed by atoms with Gasteiger partial charge in [-0.2, -0.15) is 4.98 Å². The molecule has 0 bridgehead atoms. The molecule has 3 N–H and O–H groups in total. The molecular weight excluding hydrogens is 638 g/mol. The zero-order valence-electron chi connectivity index (χ0n) is 28.6. The Kier molecular flexibility index (Phi) is 12.3. The molecule has 5 atom stereocenters. The molecule has 3 aromatic heterocycles. The Morgan fingerprint density at radius 2 is 1.76 bits per heavy atom. The van der Waals surface area contributed by atoms with Gasteiger partial charge in [0, 0.05) is 25.4 Å². The minimum absolute atomic E-state index is 0.0134. The molecule has 4 heterocycles. The van der Waals surface area contributed by atoms with Gasteiger partial charge in [-0.1, -0.05) is 44.9 Å². The van der Waals surface area contributed by atoms with E-state index in [9.17, 15) is 24.0 Å². The number of aldehydes is 1. The number of hydrogen-bond donors (Lipinski definition) is 3. The van der Waals surface area contributed by atoms with E-state index in [0.29, 0.717) is 29.7 Å². The van der Waals surface area contributed by atoms with Crippen molar-refractivity contribution in [1.82, 2.24) is 46.1 Å². The predicted molar refractivity (Wildman–Crippen MR) is 171 cm³/mol. The average Bonchev–Trinajstić information content (AvgIpc) is 3.81. The first-order valence-electron chi connectivity index (χ1n) is 16.1. The number of aromatic nitrogens is 5. The van der Waals surface area contributed by atoms with Crippen molar-refractivity contribution in [1.29, 1.82) is 0 Å². The number of nitrogens with one attached hydrogen (secondary N) is 3. The molecule has 4 rings (SSSR count). The van der Waals surface area contributed by atoms with Crippen molar-refractivity contribution in [2.75, 3.05) is 6.54 Å². The summed E-state index contributed by atoms with van der Waals surface area (Å²) in [6.07, 6.45) is 4.57. The molecule has 1 saturated heterocycles. The van der Waals surface area contributed by atoms with E-state index in [0.717, 1.165) is 0 Å². The highest BCUT2D eigenvalue weighted by Crippen LogP contribution is 2.27. The lowest BCUT2D eigenvalue weighted by molar-refractivity contribution is -0.143. The molecular formula is C32H43N9O8. The van der Waals surface area contributed by atoms with Gasteiger partial charge < -0.3 is 39.4 Å². The molecule has 17 heteroatoms. The Balaban J connectivity index is 1.50. The van der Waals surface area contributed by atoms with E-state index >= 15 is 0 Å². The molecule has 1 aliphatic rings. The number of likely N-dealkylation sites (tertiary alicyclic amines) is 1. The van der Waals surface area contributed by atoms with Crippen LogP contribution in [0, 0.1) is 25.7 Å². The first-order chi connectivity index (χ1) is 23.3. The third-order valence-electron chi connectivity index (χ3n) is 8.21. The zero-order valence-corrected chi connectivity index (χ0v) is 28.6. The lowest BCUT2D eigenvalue weighted by Gasteiger charge is -2.32. The summed E-state index contributed by atoms with van der Waals surface area (Å²) in [6.45, 7) is 12.2. The van der Waals surface area contributed by atoms with Gasteiger partial charge in [0.25, 0.3) is 11.8 Å². The first-order valence-corrected chi connectivity index (χ1v) is 16.1. The van der Waals surface area contributed by atoms with Gasteiger partial charge in [-0.25, -0.2) is 4.98 Å². The molecule has 264 valence electrons. The lowest BCUT2D eigenvalue weighted by atomic mass is 9.98.